The van der Waals surface area contributed by atoms with E-state index >= 15 is 0 Å². The number of carboxylic acid groups (broad SMARTS) is 1. The second-order valence-corrected chi connectivity index (χ2v) is 8.28. The van der Waals surface area contributed by atoms with Gasteiger partial charge in [0.25, 0.3) is 0 Å². The third-order valence-corrected chi connectivity index (χ3v) is 6.68. The van der Waals surface area contributed by atoms with Crippen LogP contribution in [0.2, 0.25) is 0 Å². The van der Waals surface area contributed by atoms with Gasteiger partial charge in [-0.05, 0) is 41.9 Å². The Morgan fingerprint density at radius 2 is 1.33 bits per heavy atom. The molecule has 3 rings (SSSR count). The van der Waals surface area contributed by atoms with E-state index in [0.29, 0.717) is 6.42 Å². The number of carboxylic acids is 1. The average Bonchev–Trinajstić information content (AvgIpc) is 2.80. The van der Waals surface area contributed by atoms with Crippen molar-refractivity contribution in [2.45, 2.75) is 44.9 Å². The van der Waals surface area contributed by atoms with Crippen molar-refractivity contribution in [1.29, 1.82) is 0 Å². The van der Waals surface area contributed by atoms with Crippen LogP contribution in [0.15, 0.2) is 91.0 Å². The summed E-state index contributed by atoms with van der Waals surface area (Å²) < 4.78 is 0. The molecule has 156 valence electrons. The molecular formula is C28H32O2. The van der Waals surface area contributed by atoms with E-state index in [-0.39, 0.29) is 5.92 Å². The van der Waals surface area contributed by atoms with E-state index < -0.39 is 17.3 Å². The van der Waals surface area contributed by atoms with Crippen LogP contribution in [0.4, 0.5) is 0 Å². The number of aliphatic carboxylic acids is 1. The van der Waals surface area contributed by atoms with Crippen molar-refractivity contribution in [3.05, 3.63) is 108 Å². The zero-order chi connectivity index (χ0) is 21.4. The van der Waals surface area contributed by atoms with Crippen molar-refractivity contribution in [2.24, 2.45) is 11.8 Å². The van der Waals surface area contributed by atoms with Crippen molar-refractivity contribution < 1.29 is 9.90 Å². The van der Waals surface area contributed by atoms with E-state index in [9.17, 15) is 9.90 Å². The number of aryl methyl sites for hydroxylation is 1. The highest BCUT2D eigenvalue weighted by molar-refractivity contribution is 5.73. The second-order valence-electron chi connectivity index (χ2n) is 8.28. The molecule has 0 aliphatic carbocycles. The fourth-order valence-corrected chi connectivity index (χ4v) is 4.84. The highest BCUT2D eigenvalue weighted by atomic mass is 16.4. The first-order chi connectivity index (χ1) is 14.6. The lowest BCUT2D eigenvalue weighted by atomic mass is 9.58. The molecule has 0 aromatic heterocycles. The summed E-state index contributed by atoms with van der Waals surface area (Å²) in [4.78, 5) is 12.8. The minimum absolute atomic E-state index is 0.230. The van der Waals surface area contributed by atoms with Gasteiger partial charge in [-0.1, -0.05) is 111 Å². The second kappa shape index (κ2) is 10.2. The minimum atomic E-state index is -0.712. The van der Waals surface area contributed by atoms with E-state index in [1.165, 1.54) is 5.56 Å². The maximum Gasteiger partial charge on any atom is 0.307 e. The first kappa shape index (κ1) is 21.8. The van der Waals surface area contributed by atoms with Crippen LogP contribution in [0.5, 0.6) is 0 Å². The van der Waals surface area contributed by atoms with E-state index in [2.05, 4.69) is 50.2 Å². The third kappa shape index (κ3) is 4.81. The predicted octanol–water partition coefficient (Wildman–Crippen LogP) is 6.55. The Labute approximate surface area is 180 Å². The van der Waals surface area contributed by atoms with Crippen LogP contribution in [0, 0.1) is 11.8 Å². The summed E-state index contributed by atoms with van der Waals surface area (Å²) in [6, 6.07) is 30.8. The highest BCUT2D eigenvalue weighted by Gasteiger charge is 2.47. The summed E-state index contributed by atoms with van der Waals surface area (Å²) in [5.41, 5.74) is 3.02. The van der Waals surface area contributed by atoms with Gasteiger partial charge in [0.2, 0.25) is 0 Å². The molecule has 0 aliphatic rings. The molecule has 3 unspecified atom stereocenters. The Kier molecular flexibility index (Phi) is 7.46. The summed E-state index contributed by atoms with van der Waals surface area (Å²) >= 11 is 0. The van der Waals surface area contributed by atoms with Crippen LogP contribution in [-0.4, -0.2) is 11.1 Å². The largest absolute Gasteiger partial charge is 0.481 e. The molecule has 3 aromatic carbocycles. The van der Waals surface area contributed by atoms with Gasteiger partial charge in [-0.15, -0.1) is 0 Å². The topological polar surface area (TPSA) is 37.3 Å². The van der Waals surface area contributed by atoms with Crippen LogP contribution < -0.4 is 0 Å². The smallest absolute Gasteiger partial charge is 0.307 e. The molecule has 0 bridgehead atoms. The quantitative estimate of drug-likeness (QED) is 0.419. The molecule has 3 atom stereocenters. The number of rotatable bonds is 10. The minimum Gasteiger partial charge on any atom is -0.481 e. The molecule has 0 heterocycles. The predicted molar refractivity (Wildman–Crippen MR) is 124 cm³/mol. The Balaban J connectivity index is 2.10. The Morgan fingerprint density at radius 3 is 1.83 bits per heavy atom. The van der Waals surface area contributed by atoms with Gasteiger partial charge in [0.05, 0.1) is 5.92 Å². The Bertz CT molecular complexity index is 905. The normalized spacial score (nSPS) is 15.1. The van der Waals surface area contributed by atoms with Crippen molar-refractivity contribution in [3.63, 3.8) is 0 Å². The van der Waals surface area contributed by atoms with Crippen molar-refractivity contribution in [3.8, 4) is 0 Å². The zero-order valence-electron chi connectivity index (χ0n) is 18.0. The van der Waals surface area contributed by atoms with Crippen LogP contribution in [0.3, 0.4) is 0 Å². The monoisotopic (exact) mass is 400 g/mol. The maximum atomic E-state index is 12.8. The lowest BCUT2D eigenvalue weighted by molar-refractivity contribution is -0.145. The van der Waals surface area contributed by atoms with Gasteiger partial charge in [-0.25, -0.2) is 0 Å². The maximum absolute atomic E-state index is 12.8. The van der Waals surface area contributed by atoms with E-state index in [1.807, 2.05) is 54.6 Å². The molecule has 0 amide bonds. The summed E-state index contributed by atoms with van der Waals surface area (Å²) in [5.74, 6) is -0.981. The summed E-state index contributed by atoms with van der Waals surface area (Å²) in [5, 5.41) is 10.5. The van der Waals surface area contributed by atoms with Gasteiger partial charge in [0.15, 0.2) is 0 Å². The van der Waals surface area contributed by atoms with Gasteiger partial charge >= 0.3 is 5.97 Å². The Hall–Kier alpha value is -2.87. The van der Waals surface area contributed by atoms with Gasteiger partial charge < -0.3 is 5.11 Å². The van der Waals surface area contributed by atoms with Crippen molar-refractivity contribution in [1.82, 2.24) is 0 Å². The lowest BCUT2D eigenvalue weighted by Crippen LogP contribution is -2.46. The van der Waals surface area contributed by atoms with Crippen molar-refractivity contribution in [2.75, 3.05) is 0 Å². The average molecular weight is 401 g/mol. The standard InChI is InChI=1S/C28H32O2/c1-3-22(2)28(25-17-11-6-12-18-25,20-19-23-13-7-4-8-14-23)26(27(29)30)21-24-15-9-5-10-16-24/h4-18,22,26H,3,19-21H2,1-2H3,(H,29,30). The molecule has 0 fully saturated rings. The molecule has 2 nitrogen and oxygen atoms in total. The van der Waals surface area contributed by atoms with Gasteiger partial charge in [0.1, 0.15) is 0 Å². The van der Waals surface area contributed by atoms with Crippen LogP contribution in [-0.2, 0) is 23.1 Å². The molecule has 0 radical (unpaired) electrons. The summed E-state index contributed by atoms with van der Waals surface area (Å²) in [7, 11) is 0. The van der Waals surface area contributed by atoms with Crippen LogP contribution >= 0.6 is 0 Å². The summed E-state index contributed by atoms with van der Waals surface area (Å²) in [6.45, 7) is 4.39. The number of hydrogen-bond acceptors (Lipinski definition) is 1. The third-order valence-electron chi connectivity index (χ3n) is 6.68. The molecule has 1 N–H and O–H groups in total. The number of hydrogen-bond donors (Lipinski definition) is 1. The number of carbonyl (C=O) groups is 1. The summed E-state index contributed by atoms with van der Waals surface area (Å²) in [6.07, 6.45) is 3.13. The highest BCUT2D eigenvalue weighted by Crippen LogP contribution is 2.46. The first-order valence-electron chi connectivity index (χ1n) is 10.9. The van der Waals surface area contributed by atoms with E-state index in [0.717, 1.165) is 30.4 Å². The molecule has 0 saturated carbocycles. The molecule has 2 heteroatoms. The molecule has 3 aromatic rings. The van der Waals surface area contributed by atoms with Crippen LogP contribution in [0.25, 0.3) is 0 Å². The first-order valence-corrected chi connectivity index (χ1v) is 10.9. The van der Waals surface area contributed by atoms with Gasteiger partial charge in [-0.2, -0.15) is 0 Å². The molecular weight excluding hydrogens is 368 g/mol. The van der Waals surface area contributed by atoms with Gasteiger partial charge in [-0.3, -0.25) is 4.79 Å². The SMILES string of the molecule is CCC(C)C(CCc1ccccc1)(c1ccccc1)C(Cc1ccccc1)C(=O)O. The number of benzene rings is 3. The molecule has 0 aliphatic heterocycles. The van der Waals surface area contributed by atoms with Crippen LogP contribution in [0.1, 0.15) is 43.4 Å². The van der Waals surface area contributed by atoms with E-state index in [4.69, 9.17) is 0 Å². The fourth-order valence-electron chi connectivity index (χ4n) is 4.84. The Morgan fingerprint density at radius 1 is 0.833 bits per heavy atom. The van der Waals surface area contributed by atoms with E-state index in [1.54, 1.807) is 0 Å². The zero-order valence-corrected chi connectivity index (χ0v) is 18.0. The molecule has 30 heavy (non-hydrogen) atoms. The molecule has 0 saturated heterocycles. The van der Waals surface area contributed by atoms with Gasteiger partial charge in [0, 0.05) is 5.41 Å². The fraction of sp³-hybridized carbons (Fsp3) is 0.321. The lowest BCUT2D eigenvalue weighted by Gasteiger charge is -2.44. The van der Waals surface area contributed by atoms with Crippen molar-refractivity contribution >= 4 is 5.97 Å². The molecule has 0 spiro atoms.